The summed E-state index contributed by atoms with van der Waals surface area (Å²) in [5, 5.41) is 9.67. The Morgan fingerprint density at radius 2 is 1.80 bits per heavy atom. The largest absolute Gasteiger partial charge is 0.396 e. The van der Waals surface area contributed by atoms with Gasteiger partial charge in [-0.2, -0.15) is 0 Å². The van der Waals surface area contributed by atoms with E-state index in [1.165, 1.54) is 6.42 Å². The Hall–Kier alpha value is -2.58. The van der Waals surface area contributed by atoms with Crippen LogP contribution in [0.5, 0.6) is 0 Å². The highest BCUT2D eigenvalue weighted by atomic mass is 32.2. The highest BCUT2D eigenvalue weighted by Gasteiger charge is 2.76. The van der Waals surface area contributed by atoms with Crippen LogP contribution in [0, 0.1) is 17.8 Å². The molecular formula is C32H43N3O4S. The summed E-state index contributed by atoms with van der Waals surface area (Å²) in [4.78, 5) is 48.8. The van der Waals surface area contributed by atoms with Crippen LogP contribution in [-0.2, 0) is 14.4 Å². The molecule has 216 valence electrons. The summed E-state index contributed by atoms with van der Waals surface area (Å²) in [6.45, 7) is 11.0. The maximum Gasteiger partial charge on any atom is 0.247 e. The minimum atomic E-state index is -0.667. The molecule has 40 heavy (non-hydrogen) atoms. The first-order valence-corrected chi connectivity index (χ1v) is 15.8. The average Bonchev–Trinajstić information content (AvgIpc) is 3.57. The Bertz CT molecular complexity index is 1120. The Labute approximate surface area is 242 Å². The molecule has 2 bridgehead atoms. The van der Waals surface area contributed by atoms with Crippen molar-refractivity contribution >= 4 is 35.2 Å². The van der Waals surface area contributed by atoms with Gasteiger partial charge in [-0.25, -0.2) is 0 Å². The van der Waals surface area contributed by atoms with Gasteiger partial charge in [-0.1, -0.05) is 56.5 Å². The Balaban J connectivity index is 1.55. The normalized spacial score (nSPS) is 31.2. The van der Waals surface area contributed by atoms with Crippen molar-refractivity contribution in [1.82, 2.24) is 9.80 Å². The molecule has 1 N–H and O–H groups in total. The summed E-state index contributed by atoms with van der Waals surface area (Å²) in [5.41, 5.74) is 0.784. The van der Waals surface area contributed by atoms with E-state index in [-0.39, 0.29) is 41.5 Å². The van der Waals surface area contributed by atoms with E-state index < -0.39 is 22.6 Å². The third kappa shape index (κ3) is 4.71. The second kappa shape index (κ2) is 12.1. The standard InChI is InChI=1S/C32H43N3O4S/c1-4-17-33(23-13-8-6-9-14-23)29(37)26-25-21-22(3)32(40-25)27(26)30(38)35(19-12-20-36)28(32)31(39)34(18-5-2)24-15-10-7-11-16-24/h4-6,8-9,13-14,22,24-28,36H,1-2,7,10-12,15-21H2,3H3/t22?,25-,26+,27+,28?,32?/m1/s1. The number of likely N-dealkylation sites (tertiary alicyclic amines) is 1. The smallest absolute Gasteiger partial charge is 0.247 e. The van der Waals surface area contributed by atoms with Crippen molar-refractivity contribution in [2.75, 3.05) is 31.1 Å². The van der Waals surface area contributed by atoms with Gasteiger partial charge in [0.05, 0.1) is 16.6 Å². The third-order valence-electron chi connectivity index (χ3n) is 9.59. The number of thioether (sulfide) groups is 1. The van der Waals surface area contributed by atoms with Gasteiger partial charge in [0.15, 0.2) is 0 Å². The lowest BCUT2D eigenvalue weighted by Gasteiger charge is -2.43. The van der Waals surface area contributed by atoms with Crippen LogP contribution in [0.15, 0.2) is 55.6 Å². The first-order valence-electron chi connectivity index (χ1n) is 14.9. The highest BCUT2D eigenvalue weighted by molar-refractivity contribution is 8.02. The molecular weight excluding hydrogens is 522 g/mol. The number of carbonyl (C=O) groups excluding carboxylic acids is 3. The molecule has 4 fully saturated rings. The second-order valence-electron chi connectivity index (χ2n) is 11.8. The summed E-state index contributed by atoms with van der Waals surface area (Å²) in [7, 11) is 0. The van der Waals surface area contributed by atoms with E-state index in [4.69, 9.17) is 0 Å². The van der Waals surface area contributed by atoms with Crippen LogP contribution in [-0.4, -0.2) is 80.9 Å². The number of para-hydroxylation sites is 1. The van der Waals surface area contributed by atoms with Crippen LogP contribution in [0.1, 0.15) is 51.9 Å². The predicted octanol–water partition coefficient (Wildman–Crippen LogP) is 4.27. The maximum absolute atomic E-state index is 14.7. The Kier molecular flexibility index (Phi) is 8.76. The first-order chi connectivity index (χ1) is 19.4. The molecule has 1 aromatic rings. The van der Waals surface area contributed by atoms with Crippen molar-refractivity contribution in [2.45, 2.75) is 74.0 Å². The van der Waals surface area contributed by atoms with Gasteiger partial charge in [0.2, 0.25) is 17.7 Å². The van der Waals surface area contributed by atoms with Gasteiger partial charge in [0.25, 0.3) is 0 Å². The molecule has 7 nitrogen and oxygen atoms in total. The summed E-state index contributed by atoms with van der Waals surface area (Å²) in [6, 6.07) is 9.04. The van der Waals surface area contributed by atoms with Gasteiger partial charge < -0.3 is 19.8 Å². The monoisotopic (exact) mass is 565 g/mol. The van der Waals surface area contributed by atoms with Crippen molar-refractivity contribution < 1.29 is 19.5 Å². The zero-order valence-corrected chi connectivity index (χ0v) is 24.4. The van der Waals surface area contributed by atoms with Crippen LogP contribution in [0.4, 0.5) is 5.69 Å². The molecule has 6 atom stereocenters. The van der Waals surface area contributed by atoms with Crippen LogP contribution in [0.2, 0.25) is 0 Å². The van der Waals surface area contributed by atoms with Gasteiger partial charge in [0, 0.05) is 43.2 Å². The molecule has 1 aromatic carbocycles. The number of fused-ring (bicyclic) bond motifs is 1. The average molecular weight is 566 g/mol. The highest BCUT2D eigenvalue weighted by Crippen LogP contribution is 2.69. The molecule has 5 rings (SSSR count). The first kappa shape index (κ1) is 28.9. The van der Waals surface area contributed by atoms with Gasteiger partial charge >= 0.3 is 0 Å². The Morgan fingerprint density at radius 3 is 2.45 bits per heavy atom. The minimum Gasteiger partial charge on any atom is -0.396 e. The van der Waals surface area contributed by atoms with Gasteiger partial charge in [0.1, 0.15) is 6.04 Å². The number of rotatable bonds is 11. The quantitative estimate of drug-likeness (QED) is 0.406. The summed E-state index contributed by atoms with van der Waals surface area (Å²) in [5.74, 6) is -1.17. The number of hydrogen-bond donors (Lipinski definition) is 1. The predicted molar refractivity (Wildman–Crippen MR) is 160 cm³/mol. The molecule has 1 aliphatic carbocycles. The van der Waals surface area contributed by atoms with E-state index in [1.807, 2.05) is 35.2 Å². The molecule has 3 heterocycles. The second-order valence-corrected chi connectivity index (χ2v) is 13.4. The van der Waals surface area contributed by atoms with E-state index in [0.29, 0.717) is 26.1 Å². The fourth-order valence-corrected chi connectivity index (χ4v) is 10.3. The third-order valence-corrected chi connectivity index (χ3v) is 11.7. The fourth-order valence-electron chi connectivity index (χ4n) is 7.91. The number of anilines is 1. The maximum atomic E-state index is 14.7. The lowest BCUT2D eigenvalue weighted by atomic mass is 9.65. The fraction of sp³-hybridized carbons (Fsp3) is 0.594. The van der Waals surface area contributed by atoms with E-state index >= 15 is 0 Å². The van der Waals surface area contributed by atoms with Crippen LogP contribution >= 0.6 is 11.8 Å². The molecule has 0 aromatic heterocycles. The molecule has 8 heteroatoms. The molecule has 3 amide bonds. The molecule has 0 radical (unpaired) electrons. The van der Waals surface area contributed by atoms with Crippen molar-refractivity contribution in [1.29, 1.82) is 0 Å². The summed E-state index contributed by atoms with van der Waals surface area (Å²) in [6.07, 6.45) is 10.0. The SMILES string of the molecule is C=CCN(C(=O)[C@@H]1[C@H]2C(=O)N(CCCO)C(C(=O)N(CC=C)C3CCCCC3)C23S[C@@H]1CC3C)c1ccccc1. The molecule has 4 aliphatic rings. The molecule has 1 spiro atoms. The lowest BCUT2D eigenvalue weighted by molar-refractivity contribution is -0.144. The van der Waals surface area contributed by atoms with E-state index in [9.17, 15) is 19.5 Å². The van der Waals surface area contributed by atoms with Crippen molar-refractivity contribution in [3.8, 4) is 0 Å². The number of aliphatic hydroxyl groups is 1. The molecule has 3 unspecified atom stereocenters. The van der Waals surface area contributed by atoms with Crippen molar-refractivity contribution in [2.24, 2.45) is 17.8 Å². The summed E-state index contributed by atoms with van der Waals surface area (Å²) < 4.78 is -0.667. The topological polar surface area (TPSA) is 81.2 Å². The zero-order valence-electron chi connectivity index (χ0n) is 23.6. The lowest BCUT2D eigenvalue weighted by Crippen LogP contribution is -2.59. The van der Waals surface area contributed by atoms with E-state index in [0.717, 1.165) is 37.8 Å². The van der Waals surface area contributed by atoms with Crippen molar-refractivity contribution in [3.05, 3.63) is 55.6 Å². The van der Waals surface area contributed by atoms with Crippen LogP contribution < -0.4 is 4.90 Å². The number of benzene rings is 1. The van der Waals surface area contributed by atoms with Gasteiger partial charge in [-0.15, -0.1) is 24.9 Å². The molecule has 3 saturated heterocycles. The molecule has 3 aliphatic heterocycles. The molecule has 1 saturated carbocycles. The van der Waals surface area contributed by atoms with Crippen LogP contribution in [0.3, 0.4) is 0 Å². The number of amides is 3. The minimum absolute atomic E-state index is 0.0142. The summed E-state index contributed by atoms with van der Waals surface area (Å²) >= 11 is 1.71. The number of aliphatic hydroxyl groups excluding tert-OH is 1. The van der Waals surface area contributed by atoms with Gasteiger partial charge in [-0.05, 0) is 43.7 Å². The number of hydrogen-bond acceptors (Lipinski definition) is 5. The zero-order chi connectivity index (χ0) is 28.4. The van der Waals surface area contributed by atoms with E-state index in [1.54, 1.807) is 33.7 Å². The Morgan fingerprint density at radius 1 is 1.10 bits per heavy atom. The van der Waals surface area contributed by atoms with Gasteiger partial charge in [-0.3, -0.25) is 14.4 Å². The number of nitrogens with zero attached hydrogens (tertiary/aromatic N) is 3. The van der Waals surface area contributed by atoms with Crippen molar-refractivity contribution in [3.63, 3.8) is 0 Å². The number of carbonyl (C=O) groups is 3. The van der Waals surface area contributed by atoms with Crippen LogP contribution in [0.25, 0.3) is 0 Å². The van der Waals surface area contributed by atoms with E-state index in [2.05, 4.69) is 20.1 Å².